The lowest BCUT2D eigenvalue weighted by Crippen LogP contribution is -2.21. The number of hydrogen-bond donors (Lipinski definition) is 0. The van der Waals surface area contributed by atoms with Crippen LogP contribution in [0.5, 0.6) is 0 Å². The van der Waals surface area contributed by atoms with Gasteiger partial charge in [-0.15, -0.1) is 0 Å². The normalized spacial score (nSPS) is 11.2. The molecule has 0 radical (unpaired) electrons. The van der Waals surface area contributed by atoms with Crippen molar-refractivity contribution in [2.24, 2.45) is 0 Å². The highest BCUT2D eigenvalue weighted by atomic mass is 16.6. The van der Waals surface area contributed by atoms with Crippen molar-refractivity contribution >= 4 is 21.5 Å². The first-order chi connectivity index (χ1) is 11.1. The first kappa shape index (κ1) is 14.9. The van der Waals surface area contributed by atoms with Crippen LogP contribution < -0.4 is 0 Å². The van der Waals surface area contributed by atoms with Crippen molar-refractivity contribution in [1.29, 1.82) is 0 Å². The summed E-state index contributed by atoms with van der Waals surface area (Å²) in [5.41, 5.74) is 0.687. The van der Waals surface area contributed by atoms with Crippen molar-refractivity contribution in [3.05, 3.63) is 80.4 Å². The highest BCUT2D eigenvalue weighted by molar-refractivity contribution is 6.02. The standard InChI is InChI=1S/C17H14N2O4/c20-18(21)10-14(11-19(22)23)17-15-7-3-1-5-12(15)9-13-6-2-4-8-16(13)17/h1-9,14H,10-11H2. The molecule has 6 heteroatoms. The van der Waals surface area contributed by atoms with Crippen LogP contribution in [-0.4, -0.2) is 22.9 Å². The van der Waals surface area contributed by atoms with E-state index >= 15 is 0 Å². The molecule has 0 unspecified atom stereocenters. The summed E-state index contributed by atoms with van der Waals surface area (Å²) in [5.74, 6) is -0.768. The summed E-state index contributed by atoms with van der Waals surface area (Å²) in [6, 6.07) is 17.0. The predicted octanol–water partition coefficient (Wildman–Crippen LogP) is 3.63. The number of nitro groups is 2. The van der Waals surface area contributed by atoms with Gasteiger partial charge >= 0.3 is 0 Å². The fourth-order valence-electron chi connectivity index (χ4n) is 3.09. The van der Waals surface area contributed by atoms with E-state index in [-0.39, 0.29) is 0 Å². The van der Waals surface area contributed by atoms with Gasteiger partial charge in [0.2, 0.25) is 13.1 Å². The Kier molecular flexibility index (Phi) is 3.89. The van der Waals surface area contributed by atoms with Crippen molar-refractivity contribution in [1.82, 2.24) is 0 Å². The Bertz CT molecular complexity index is 837. The molecule has 0 aliphatic carbocycles. The van der Waals surface area contributed by atoms with Crippen LogP contribution in [0.3, 0.4) is 0 Å². The number of fused-ring (bicyclic) bond motifs is 2. The van der Waals surface area contributed by atoms with E-state index in [1.165, 1.54) is 0 Å². The summed E-state index contributed by atoms with van der Waals surface area (Å²) >= 11 is 0. The average molecular weight is 310 g/mol. The fourth-order valence-corrected chi connectivity index (χ4v) is 3.09. The van der Waals surface area contributed by atoms with Crippen LogP contribution in [0.1, 0.15) is 11.5 Å². The molecule has 0 amide bonds. The Morgan fingerprint density at radius 2 is 1.22 bits per heavy atom. The summed E-state index contributed by atoms with van der Waals surface area (Å²) < 4.78 is 0. The molecule has 0 fully saturated rings. The second-order valence-corrected chi connectivity index (χ2v) is 5.46. The van der Waals surface area contributed by atoms with E-state index in [0.29, 0.717) is 5.56 Å². The SMILES string of the molecule is O=[N+]([O-])CC(C[N+](=O)[O-])c1c2ccccc2cc2ccccc12. The van der Waals surface area contributed by atoms with Crippen molar-refractivity contribution in [3.63, 3.8) is 0 Å². The van der Waals surface area contributed by atoms with E-state index in [2.05, 4.69) is 0 Å². The van der Waals surface area contributed by atoms with Gasteiger partial charge in [0.05, 0.1) is 0 Å². The van der Waals surface area contributed by atoms with Crippen LogP contribution in [0.2, 0.25) is 0 Å². The van der Waals surface area contributed by atoms with Crippen LogP contribution in [0.4, 0.5) is 0 Å². The van der Waals surface area contributed by atoms with Gasteiger partial charge in [0, 0.05) is 9.85 Å². The Hall–Kier alpha value is -3.02. The highest BCUT2D eigenvalue weighted by Gasteiger charge is 2.27. The number of benzene rings is 3. The van der Waals surface area contributed by atoms with E-state index in [1.807, 2.05) is 54.6 Å². The second-order valence-electron chi connectivity index (χ2n) is 5.46. The first-order valence-electron chi connectivity index (χ1n) is 7.20. The molecule has 0 saturated carbocycles. The predicted molar refractivity (Wildman–Crippen MR) is 87.9 cm³/mol. The van der Waals surface area contributed by atoms with Gasteiger partial charge < -0.3 is 0 Å². The van der Waals surface area contributed by atoms with Crippen molar-refractivity contribution in [3.8, 4) is 0 Å². The van der Waals surface area contributed by atoms with Crippen LogP contribution >= 0.6 is 0 Å². The van der Waals surface area contributed by atoms with Gasteiger partial charge in [0.25, 0.3) is 0 Å². The second kappa shape index (κ2) is 6.00. The molecule has 3 aromatic carbocycles. The maximum absolute atomic E-state index is 11.0. The lowest BCUT2D eigenvalue weighted by molar-refractivity contribution is -0.516. The van der Waals surface area contributed by atoms with Crippen molar-refractivity contribution in [2.75, 3.05) is 13.1 Å². The molecule has 0 aromatic heterocycles. The van der Waals surface area contributed by atoms with Gasteiger partial charge in [-0.05, 0) is 33.2 Å². The molecule has 23 heavy (non-hydrogen) atoms. The van der Waals surface area contributed by atoms with Gasteiger partial charge in [0.15, 0.2) is 0 Å². The van der Waals surface area contributed by atoms with Crippen LogP contribution in [0, 0.1) is 20.2 Å². The number of hydrogen-bond acceptors (Lipinski definition) is 4. The molecule has 0 aliphatic heterocycles. The van der Waals surface area contributed by atoms with E-state index in [4.69, 9.17) is 0 Å². The molecule has 3 rings (SSSR count). The molecule has 0 N–H and O–H groups in total. The summed E-state index contributed by atoms with van der Waals surface area (Å²) in [7, 11) is 0. The molecule has 0 heterocycles. The van der Waals surface area contributed by atoms with Crippen molar-refractivity contribution < 1.29 is 9.85 Å². The smallest absolute Gasteiger partial charge is 0.217 e. The molecular weight excluding hydrogens is 296 g/mol. The van der Waals surface area contributed by atoms with Gasteiger partial charge in [-0.3, -0.25) is 20.2 Å². The largest absolute Gasteiger partial charge is 0.265 e. The maximum atomic E-state index is 11.0. The summed E-state index contributed by atoms with van der Waals surface area (Å²) in [4.78, 5) is 21.1. The quantitative estimate of drug-likeness (QED) is 0.409. The van der Waals surface area contributed by atoms with E-state index in [0.717, 1.165) is 21.5 Å². The minimum Gasteiger partial charge on any atom is -0.265 e. The molecule has 0 saturated heterocycles. The third-order valence-electron chi connectivity index (χ3n) is 3.96. The van der Waals surface area contributed by atoms with E-state index < -0.39 is 28.9 Å². The lowest BCUT2D eigenvalue weighted by Gasteiger charge is -2.16. The van der Waals surface area contributed by atoms with Crippen LogP contribution in [0.15, 0.2) is 54.6 Å². The van der Waals surface area contributed by atoms with Gasteiger partial charge in [-0.2, -0.15) is 0 Å². The zero-order chi connectivity index (χ0) is 16.4. The third-order valence-corrected chi connectivity index (χ3v) is 3.96. The summed E-state index contributed by atoms with van der Waals surface area (Å²) in [6.45, 7) is -0.919. The average Bonchev–Trinajstić information content (AvgIpc) is 2.51. The van der Waals surface area contributed by atoms with E-state index in [1.54, 1.807) is 0 Å². The van der Waals surface area contributed by atoms with Gasteiger partial charge in [-0.25, -0.2) is 0 Å². The fraction of sp³-hybridized carbons (Fsp3) is 0.176. The Balaban J connectivity index is 2.33. The Morgan fingerprint density at radius 1 is 0.783 bits per heavy atom. The van der Waals surface area contributed by atoms with Crippen LogP contribution in [0.25, 0.3) is 21.5 Å². The molecule has 0 atom stereocenters. The monoisotopic (exact) mass is 310 g/mol. The zero-order valence-corrected chi connectivity index (χ0v) is 12.2. The molecule has 3 aromatic rings. The minimum absolute atomic E-state index is 0.459. The van der Waals surface area contributed by atoms with Crippen molar-refractivity contribution in [2.45, 2.75) is 5.92 Å². The molecule has 0 aliphatic rings. The summed E-state index contributed by atoms with van der Waals surface area (Å²) in [6.07, 6.45) is 0. The Labute approximate surface area is 131 Å². The lowest BCUT2D eigenvalue weighted by atomic mass is 9.88. The molecular formula is C17H14N2O4. The molecule has 116 valence electrons. The molecule has 6 nitrogen and oxygen atoms in total. The number of rotatable bonds is 5. The van der Waals surface area contributed by atoms with Gasteiger partial charge in [0.1, 0.15) is 5.92 Å². The topological polar surface area (TPSA) is 86.3 Å². The summed E-state index contributed by atoms with van der Waals surface area (Å²) in [5, 5.41) is 25.6. The van der Waals surface area contributed by atoms with Crippen LogP contribution in [-0.2, 0) is 0 Å². The number of nitrogens with zero attached hydrogens (tertiary/aromatic N) is 2. The molecule has 0 bridgehead atoms. The zero-order valence-electron chi connectivity index (χ0n) is 12.2. The Morgan fingerprint density at radius 3 is 1.65 bits per heavy atom. The minimum atomic E-state index is -0.768. The molecule has 0 spiro atoms. The third kappa shape index (κ3) is 2.96. The first-order valence-corrected chi connectivity index (χ1v) is 7.20. The van der Waals surface area contributed by atoms with Gasteiger partial charge in [-0.1, -0.05) is 48.5 Å². The highest BCUT2D eigenvalue weighted by Crippen LogP contribution is 2.34. The van der Waals surface area contributed by atoms with E-state index in [9.17, 15) is 20.2 Å². The maximum Gasteiger partial charge on any atom is 0.217 e.